The molecular weight excluding hydrogens is 360 g/mol. The van der Waals surface area contributed by atoms with Crippen LogP contribution in [0.25, 0.3) is 11.1 Å². The number of furan rings is 1. The van der Waals surface area contributed by atoms with Crippen molar-refractivity contribution in [3.63, 3.8) is 0 Å². The van der Waals surface area contributed by atoms with Gasteiger partial charge in [0.15, 0.2) is 0 Å². The molecule has 1 aliphatic carbocycles. The maximum Gasteiger partial charge on any atom is 0.255 e. The van der Waals surface area contributed by atoms with Gasteiger partial charge in [0.1, 0.15) is 0 Å². The molecule has 0 bridgehead atoms. The van der Waals surface area contributed by atoms with Crippen molar-refractivity contribution in [2.75, 3.05) is 5.32 Å². The van der Waals surface area contributed by atoms with E-state index < -0.39 is 0 Å². The van der Waals surface area contributed by atoms with Crippen LogP contribution >= 0.6 is 12.4 Å². The minimum atomic E-state index is -0.121. The van der Waals surface area contributed by atoms with E-state index in [0.29, 0.717) is 11.5 Å². The van der Waals surface area contributed by atoms with E-state index in [0.717, 1.165) is 29.7 Å². The van der Waals surface area contributed by atoms with Crippen molar-refractivity contribution in [1.82, 2.24) is 0 Å². The summed E-state index contributed by atoms with van der Waals surface area (Å²) >= 11 is 0. The van der Waals surface area contributed by atoms with Crippen molar-refractivity contribution in [2.24, 2.45) is 5.73 Å². The summed E-state index contributed by atoms with van der Waals surface area (Å²) in [5.74, 6) is 0.317. The van der Waals surface area contributed by atoms with Crippen LogP contribution in [0.3, 0.4) is 0 Å². The van der Waals surface area contributed by atoms with Crippen LogP contribution in [0, 0.1) is 0 Å². The minimum Gasteiger partial charge on any atom is -0.472 e. The molecule has 140 valence electrons. The molecule has 1 heterocycles. The van der Waals surface area contributed by atoms with Gasteiger partial charge in [-0.2, -0.15) is 0 Å². The Morgan fingerprint density at radius 1 is 1.11 bits per heavy atom. The summed E-state index contributed by atoms with van der Waals surface area (Å²) in [6, 6.07) is 17.4. The molecule has 0 unspecified atom stereocenters. The maximum atomic E-state index is 12.4. The first-order valence-electron chi connectivity index (χ1n) is 8.92. The monoisotopic (exact) mass is 382 g/mol. The highest BCUT2D eigenvalue weighted by molar-refractivity contribution is 6.04. The Bertz CT molecular complexity index is 905. The Morgan fingerprint density at radius 3 is 2.37 bits per heavy atom. The standard InChI is InChI=1S/C22H22N2O2.ClH/c1-2-22(23)13-20(22)16-7-9-19(10-8-16)24-21(25)17-5-3-15(4-6-17)18-11-12-26-14-18;/h3-12,14,20H,2,13,23H2,1H3,(H,24,25);1H/t20-,22-;/m0./s1. The molecule has 0 aliphatic heterocycles. The van der Waals surface area contributed by atoms with Crippen LogP contribution in [0.4, 0.5) is 5.69 Å². The highest BCUT2D eigenvalue weighted by atomic mass is 35.5. The number of carbonyl (C=O) groups excluding carboxylic acids is 1. The van der Waals surface area contributed by atoms with E-state index in [9.17, 15) is 4.79 Å². The average molecular weight is 383 g/mol. The van der Waals surface area contributed by atoms with Crippen molar-refractivity contribution in [3.8, 4) is 11.1 Å². The normalized spacial score (nSPS) is 20.6. The zero-order valence-corrected chi connectivity index (χ0v) is 16.0. The topological polar surface area (TPSA) is 68.3 Å². The Kier molecular flexibility index (Phi) is 5.40. The third-order valence-electron chi connectivity index (χ3n) is 5.35. The second-order valence-electron chi connectivity index (χ2n) is 7.01. The molecule has 5 heteroatoms. The van der Waals surface area contributed by atoms with Crippen LogP contribution < -0.4 is 11.1 Å². The van der Waals surface area contributed by atoms with E-state index in [1.807, 2.05) is 42.5 Å². The van der Waals surface area contributed by atoms with Gasteiger partial charge in [-0.25, -0.2) is 0 Å². The lowest BCUT2D eigenvalue weighted by Crippen LogP contribution is -2.22. The van der Waals surface area contributed by atoms with Crippen molar-refractivity contribution in [1.29, 1.82) is 0 Å². The molecule has 3 aromatic rings. The molecule has 0 saturated heterocycles. The molecule has 4 rings (SSSR count). The zero-order valence-electron chi connectivity index (χ0n) is 15.1. The van der Waals surface area contributed by atoms with Gasteiger partial charge in [0.2, 0.25) is 0 Å². The largest absolute Gasteiger partial charge is 0.472 e. The molecule has 1 aliphatic rings. The summed E-state index contributed by atoms with van der Waals surface area (Å²) in [6.45, 7) is 2.13. The van der Waals surface area contributed by atoms with Gasteiger partial charge in [-0.05, 0) is 54.3 Å². The summed E-state index contributed by atoms with van der Waals surface area (Å²) in [5.41, 5.74) is 10.9. The number of rotatable bonds is 5. The van der Waals surface area contributed by atoms with E-state index in [1.54, 1.807) is 12.5 Å². The van der Waals surface area contributed by atoms with E-state index in [4.69, 9.17) is 10.2 Å². The van der Waals surface area contributed by atoms with E-state index >= 15 is 0 Å². The van der Waals surface area contributed by atoms with Gasteiger partial charge in [0.05, 0.1) is 12.5 Å². The molecule has 1 aromatic heterocycles. The van der Waals surface area contributed by atoms with E-state index in [2.05, 4.69) is 24.4 Å². The summed E-state index contributed by atoms with van der Waals surface area (Å²) in [6.07, 6.45) is 5.35. The molecule has 0 spiro atoms. The lowest BCUT2D eigenvalue weighted by Gasteiger charge is -2.10. The number of benzene rings is 2. The van der Waals surface area contributed by atoms with Crippen molar-refractivity contribution >= 4 is 24.0 Å². The number of halogens is 1. The fourth-order valence-electron chi connectivity index (χ4n) is 3.41. The Balaban J connectivity index is 0.00000210. The second kappa shape index (κ2) is 7.59. The first kappa shape index (κ1) is 19.2. The molecule has 1 amide bonds. The van der Waals surface area contributed by atoms with Crippen LogP contribution in [-0.2, 0) is 0 Å². The second-order valence-corrected chi connectivity index (χ2v) is 7.01. The van der Waals surface area contributed by atoms with Crippen LogP contribution in [0.5, 0.6) is 0 Å². The maximum absolute atomic E-state index is 12.4. The Morgan fingerprint density at radius 2 is 1.81 bits per heavy atom. The summed E-state index contributed by atoms with van der Waals surface area (Å²) < 4.78 is 5.09. The van der Waals surface area contributed by atoms with Gasteiger partial charge in [0.25, 0.3) is 5.91 Å². The number of hydrogen-bond acceptors (Lipinski definition) is 3. The summed E-state index contributed by atoms with van der Waals surface area (Å²) in [4.78, 5) is 12.4. The van der Waals surface area contributed by atoms with E-state index in [1.165, 1.54) is 5.56 Å². The third-order valence-corrected chi connectivity index (χ3v) is 5.35. The molecule has 27 heavy (non-hydrogen) atoms. The number of carbonyl (C=O) groups is 1. The lowest BCUT2D eigenvalue weighted by molar-refractivity contribution is 0.102. The van der Waals surface area contributed by atoms with Gasteiger partial charge < -0.3 is 15.5 Å². The van der Waals surface area contributed by atoms with Crippen LogP contribution in [0.1, 0.15) is 41.6 Å². The van der Waals surface area contributed by atoms with Gasteiger partial charge in [-0.15, -0.1) is 12.4 Å². The van der Waals surface area contributed by atoms with Gasteiger partial charge in [-0.1, -0.05) is 31.2 Å². The van der Waals surface area contributed by atoms with Gasteiger partial charge in [-0.3, -0.25) is 4.79 Å². The number of amides is 1. The first-order valence-corrected chi connectivity index (χ1v) is 8.92. The number of nitrogens with two attached hydrogens (primary N) is 1. The van der Waals surface area contributed by atoms with Crippen molar-refractivity contribution in [3.05, 3.63) is 78.3 Å². The molecule has 4 nitrogen and oxygen atoms in total. The molecular formula is C22H23ClN2O2. The number of nitrogens with one attached hydrogen (secondary N) is 1. The first-order chi connectivity index (χ1) is 12.6. The van der Waals surface area contributed by atoms with Crippen LogP contribution in [0.2, 0.25) is 0 Å². The molecule has 2 aromatic carbocycles. The fourth-order valence-corrected chi connectivity index (χ4v) is 3.41. The van der Waals surface area contributed by atoms with Crippen molar-refractivity contribution < 1.29 is 9.21 Å². The van der Waals surface area contributed by atoms with Crippen molar-refractivity contribution in [2.45, 2.75) is 31.2 Å². The van der Waals surface area contributed by atoms with Gasteiger partial charge in [0, 0.05) is 28.3 Å². The number of anilines is 1. The molecule has 0 radical (unpaired) electrons. The predicted octanol–water partition coefficient (Wildman–Crippen LogP) is 5.22. The molecule has 1 saturated carbocycles. The molecule has 2 atom stereocenters. The van der Waals surface area contributed by atoms with Crippen LogP contribution in [-0.4, -0.2) is 11.4 Å². The predicted molar refractivity (Wildman–Crippen MR) is 110 cm³/mol. The Labute approximate surface area is 165 Å². The lowest BCUT2D eigenvalue weighted by atomic mass is 10.0. The molecule has 3 N–H and O–H groups in total. The van der Waals surface area contributed by atoms with E-state index in [-0.39, 0.29) is 23.9 Å². The summed E-state index contributed by atoms with van der Waals surface area (Å²) in [7, 11) is 0. The third kappa shape index (κ3) is 3.92. The smallest absolute Gasteiger partial charge is 0.255 e. The van der Waals surface area contributed by atoms with Gasteiger partial charge >= 0.3 is 0 Å². The Hall–Kier alpha value is -2.56. The molecule has 1 fully saturated rings. The van der Waals surface area contributed by atoms with Crippen LogP contribution in [0.15, 0.2) is 71.5 Å². The average Bonchev–Trinajstić information content (AvgIpc) is 3.08. The quantitative estimate of drug-likeness (QED) is 0.636. The minimum absolute atomic E-state index is 0. The number of hydrogen-bond donors (Lipinski definition) is 2. The highest BCUT2D eigenvalue weighted by Crippen LogP contribution is 2.51. The SMILES string of the molecule is CC[C@]1(N)C[C@H]1c1ccc(NC(=O)c2ccc(-c3ccoc3)cc2)cc1.Cl. The highest BCUT2D eigenvalue weighted by Gasteiger charge is 2.49. The zero-order chi connectivity index (χ0) is 18.1. The summed E-state index contributed by atoms with van der Waals surface area (Å²) in [5, 5.41) is 2.94. The fraction of sp³-hybridized carbons (Fsp3) is 0.227.